The summed E-state index contributed by atoms with van der Waals surface area (Å²) in [6, 6.07) is 7.06. The van der Waals surface area contributed by atoms with Crippen molar-refractivity contribution in [2.75, 3.05) is 7.11 Å². The lowest BCUT2D eigenvalue weighted by molar-refractivity contribution is -0.0979. The second-order valence-electron chi connectivity index (χ2n) is 6.09. The molecule has 1 aromatic carbocycles. The SMILES string of the molecule is COC1CC(NCc2c(C)cccc2C)C1(C)C. The molecule has 0 amide bonds. The highest BCUT2D eigenvalue weighted by atomic mass is 16.5. The third-order valence-corrected chi connectivity index (χ3v) is 4.63. The van der Waals surface area contributed by atoms with Crippen LogP contribution in [0.5, 0.6) is 0 Å². The molecule has 100 valence electrons. The summed E-state index contributed by atoms with van der Waals surface area (Å²) in [4.78, 5) is 0. The van der Waals surface area contributed by atoms with Gasteiger partial charge in [0, 0.05) is 25.1 Å². The van der Waals surface area contributed by atoms with Crippen LogP contribution in [0.2, 0.25) is 0 Å². The van der Waals surface area contributed by atoms with Gasteiger partial charge in [-0.15, -0.1) is 0 Å². The van der Waals surface area contributed by atoms with Crippen molar-refractivity contribution in [1.82, 2.24) is 5.32 Å². The summed E-state index contributed by atoms with van der Waals surface area (Å²) in [6.07, 6.45) is 1.52. The van der Waals surface area contributed by atoms with Crippen molar-refractivity contribution in [2.24, 2.45) is 5.41 Å². The number of rotatable bonds is 4. The number of nitrogens with one attached hydrogen (secondary N) is 1. The molecule has 0 spiro atoms. The molecule has 2 atom stereocenters. The van der Waals surface area contributed by atoms with E-state index in [0.717, 1.165) is 13.0 Å². The van der Waals surface area contributed by atoms with Crippen molar-refractivity contribution in [3.8, 4) is 0 Å². The molecular formula is C16H25NO. The first kappa shape index (κ1) is 13.6. The summed E-state index contributed by atoms with van der Waals surface area (Å²) in [5.41, 5.74) is 4.44. The van der Waals surface area contributed by atoms with Crippen LogP contribution in [0.4, 0.5) is 0 Å². The van der Waals surface area contributed by atoms with E-state index in [4.69, 9.17) is 4.74 Å². The van der Waals surface area contributed by atoms with Gasteiger partial charge < -0.3 is 10.1 Å². The van der Waals surface area contributed by atoms with Crippen LogP contribution in [0, 0.1) is 19.3 Å². The second-order valence-corrected chi connectivity index (χ2v) is 6.09. The van der Waals surface area contributed by atoms with Crippen LogP contribution in [-0.2, 0) is 11.3 Å². The summed E-state index contributed by atoms with van der Waals surface area (Å²) in [5.74, 6) is 0. The van der Waals surface area contributed by atoms with Crippen molar-refractivity contribution in [3.63, 3.8) is 0 Å². The fourth-order valence-corrected chi connectivity index (χ4v) is 2.98. The van der Waals surface area contributed by atoms with Gasteiger partial charge in [-0.2, -0.15) is 0 Å². The second kappa shape index (κ2) is 5.02. The summed E-state index contributed by atoms with van der Waals surface area (Å²) in [7, 11) is 1.81. The molecule has 1 aromatic rings. The molecule has 0 aliphatic heterocycles. The van der Waals surface area contributed by atoms with Gasteiger partial charge in [-0.25, -0.2) is 0 Å². The van der Waals surface area contributed by atoms with Gasteiger partial charge in [-0.1, -0.05) is 32.0 Å². The zero-order chi connectivity index (χ0) is 13.3. The maximum absolute atomic E-state index is 5.49. The maximum Gasteiger partial charge on any atom is 0.0652 e. The van der Waals surface area contributed by atoms with E-state index < -0.39 is 0 Å². The quantitative estimate of drug-likeness (QED) is 0.882. The summed E-state index contributed by atoms with van der Waals surface area (Å²) in [6.45, 7) is 9.91. The molecule has 1 fully saturated rings. The van der Waals surface area contributed by atoms with E-state index in [2.05, 4.69) is 51.2 Å². The van der Waals surface area contributed by atoms with E-state index in [9.17, 15) is 0 Å². The van der Waals surface area contributed by atoms with Crippen LogP contribution in [0.3, 0.4) is 0 Å². The number of hydrogen-bond donors (Lipinski definition) is 1. The van der Waals surface area contributed by atoms with Gasteiger partial charge in [0.15, 0.2) is 0 Å². The van der Waals surface area contributed by atoms with Crippen molar-refractivity contribution in [1.29, 1.82) is 0 Å². The number of methoxy groups -OCH3 is 1. The van der Waals surface area contributed by atoms with E-state index in [1.807, 2.05) is 7.11 Å². The largest absolute Gasteiger partial charge is 0.381 e. The third kappa shape index (κ3) is 2.32. The van der Waals surface area contributed by atoms with Gasteiger partial charge >= 0.3 is 0 Å². The van der Waals surface area contributed by atoms with Crippen LogP contribution in [-0.4, -0.2) is 19.3 Å². The predicted octanol–water partition coefficient (Wildman–Crippen LogP) is 3.21. The minimum Gasteiger partial charge on any atom is -0.381 e. The highest BCUT2D eigenvalue weighted by molar-refractivity contribution is 5.33. The number of aryl methyl sites for hydroxylation is 2. The Labute approximate surface area is 111 Å². The first-order valence-electron chi connectivity index (χ1n) is 6.78. The standard InChI is InChI=1S/C16H25NO/c1-11-7-6-8-12(2)13(11)10-17-14-9-15(18-5)16(14,3)4/h6-8,14-15,17H,9-10H2,1-5H3. The van der Waals surface area contributed by atoms with Gasteiger partial charge in [0.25, 0.3) is 0 Å². The topological polar surface area (TPSA) is 21.3 Å². The molecule has 1 aliphatic rings. The molecule has 2 unspecified atom stereocenters. The molecular weight excluding hydrogens is 222 g/mol. The molecule has 1 saturated carbocycles. The van der Waals surface area contributed by atoms with Crippen LogP contribution in [0.15, 0.2) is 18.2 Å². The fraction of sp³-hybridized carbons (Fsp3) is 0.625. The Morgan fingerprint density at radius 3 is 2.39 bits per heavy atom. The zero-order valence-electron chi connectivity index (χ0n) is 12.2. The van der Waals surface area contributed by atoms with E-state index in [1.54, 1.807) is 0 Å². The summed E-state index contributed by atoms with van der Waals surface area (Å²) >= 11 is 0. The van der Waals surface area contributed by atoms with E-state index in [-0.39, 0.29) is 5.41 Å². The highest BCUT2D eigenvalue weighted by Gasteiger charge is 2.48. The molecule has 1 N–H and O–H groups in total. The molecule has 0 radical (unpaired) electrons. The number of benzene rings is 1. The lowest BCUT2D eigenvalue weighted by Gasteiger charge is -2.51. The Hall–Kier alpha value is -0.860. The van der Waals surface area contributed by atoms with Crippen molar-refractivity contribution < 1.29 is 4.74 Å². The Balaban J connectivity index is 1.98. The van der Waals surface area contributed by atoms with Gasteiger partial charge in [0.2, 0.25) is 0 Å². The lowest BCUT2D eigenvalue weighted by Crippen LogP contribution is -2.60. The molecule has 0 heterocycles. The predicted molar refractivity (Wildman–Crippen MR) is 75.7 cm³/mol. The maximum atomic E-state index is 5.49. The minimum atomic E-state index is 0.241. The molecule has 0 saturated heterocycles. The monoisotopic (exact) mass is 247 g/mol. The molecule has 18 heavy (non-hydrogen) atoms. The van der Waals surface area contributed by atoms with Crippen LogP contribution in [0.25, 0.3) is 0 Å². The average Bonchev–Trinajstić information content (AvgIpc) is 2.31. The Morgan fingerprint density at radius 2 is 1.89 bits per heavy atom. The molecule has 2 rings (SSSR count). The minimum absolute atomic E-state index is 0.241. The Morgan fingerprint density at radius 1 is 1.28 bits per heavy atom. The number of hydrogen-bond acceptors (Lipinski definition) is 2. The summed E-state index contributed by atoms with van der Waals surface area (Å²) < 4.78 is 5.49. The van der Waals surface area contributed by atoms with Crippen molar-refractivity contribution in [2.45, 2.75) is 52.8 Å². The van der Waals surface area contributed by atoms with Gasteiger partial charge in [-0.3, -0.25) is 0 Å². The van der Waals surface area contributed by atoms with Crippen LogP contribution >= 0.6 is 0 Å². The molecule has 2 heteroatoms. The van der Waals surface area contributed by atoms with Crippen molar-refractivity contribution in [3.05, 3.63) is 34.9 Å². The van der Waals surface area contributed by atoms with E-state index in [1.165, 1.54) is 16.7 Å². The van der Waals surface area contributed by atoms with Crippen LogP contribution in [0.1, 0.15) is 37.0 Å². The molecule has 2 nitrogen and oxygen atoms in total. The van der Waals surface area contributed by atoms with Gasteiger partial charge in [0.1, 0.15) is 0 Å². The molecule has 0 bridgehead atoms. The third-order valence-electron chi connectivity index (χ3n) is 4.63. The zero-order valence-corrected chi connectivity index (χ0v) is 12.2. The Bertz CT molecular complexity index is 405. The van der Waals surface area contributed by atoms with Crippen LogP contribution < -0.4 is 5.32 Å². The Kier molecular flexibility index (Phi) is 3.79. The summed E-state index contributed by atoms with van der Waals surface area (Å²) in [5, 5.41) is 3.69. The average molecular weight is 247 g/mol. The highest BCUT2D eigenvalue weighted by Crippen LogP contribution is 2.42. The molecule has 1 aliphatic carbocycles. The lowest BCUT2D eigenvalue weighted by atomic mass is 9.64. The van der Waals surface area contributed by atoms with E-state index >= 15 is 0 Å². The smallest absolute Gasteiger partial charge is 0.0652 e. The van der Waals surface area contributed by atoms with E-state index in [0.29, 0.717) is 12.1 Å². The molecule has 0 aromatic heterocycles. The fourth-order valence-electron chi connectivity index (χ4n) is 2.98. The van der Waals surface area contributed by atoms with Crippen molar-refractivity contribution >= 4 is 0 Å². The first-order valence-corrected chi connectivity index (χ1v) is 6.78. The normalized spacial score (nSPS) is 25.8. The number of ether oxygens (including phenoxy) is 1. The first-order chi connectivity index (χ1) is 8.46. The van der Waals surface area contributed by atoms with Gasteiger partial charge in [-0.05, 0) is 37.0 Å². The van der Waals surface area contributed by atoms with Gasteiger partial charge in [0.05, 0.1) is 6.10 Å².